The minimum absolute atomic E-state index is 0.201. The second-order valence-corrected chi connectivity index (χ2v) is 7.79. The van der Waals surface area contributed by atoms with E-state index in [0.717, 1.165) is 24.0 Å². The molecule has 1 unspecified atom stereocenters. The maximum absolute atomic E-state index is 13.2. The number of carbonyl (C=O) groups excluding carboxylic acids is 1. The van der Waals surface area contributed by atoms with Crippen molar-refractivity contribution in [2.75, 3.05) is 0 Å². The van der Waals surface area contributed by atoms with Crippen molar-refractivity contribution in [3.8, 4) is 11.1 Å². The molecule has 1 aliphatic carbocycles. The van der Waals surface area contributed by atoms with Crippen LogP contribution < -0.4 is 11.3 Å². The topological polar surface area (TPSA) is 78.0 Å². The normalized spacial score (nSPS) is 15.0. The molecule has 6 heteroatoms. The van der Waals surface area contributed by atoms with E-state index in [1.807, 2.05) is 5.38 Å². The number of aromatic nitrogens is 2. The second kappa shape index (κ2) is 6.36. The molecule has 0 aliphatic heterocycles. The molecule has 4 rings (SSSR count). The van der Waals surface area contributed by atoms with E-state index in [-0.39, 0.29) is 5.56 Å². The third-order valence-corrected chi connectivity index (χ3v) is 6.15. The van der Waals surface area contributed by atoms with E-state index >= 15 is 0 Å². The highest BCUT2D eigenvalue weighted by Gasteiger charge is 2.21. The molecule has 0 bridgehead atoms. The van der Waals surface area contributed by atoms with E-state index in [0.29, 0.717) is 16.0 Å². The van der Waals surface area contributed by atoms with Gasteiger partial charge in [-0.2, -0.15) is 0 Å². The number of aryl methyl sites for hydroxylation is 3. The molecule has 2 aromatic heterocycles. The van der Waals surface area contributed by atoms with Gasteiger partial charge < -0.3 is 5.73 Å². The molecule has 0 spiro atoms. The van der Waals surface area contributed by atoms with Crippen molar-refractivity contribution >= 4 is 27.5 Å². The molecule has 26 heavy (non-hydrogen) atoms. The van der Waals surface area contributed by atoms with Gasteiger partial charge in [-0.25, -0.2) is 4.98 Å². The van der Waals surface area contributed by atoms with Crippen LogP contribution in [0.1, 0.15) is 42.8 Å². The molecule has 0 saturated heterocycles. The zero-order valence-electron chi connectivity index (χ0n) is 14.9. The molecule has 2 heterocycles. The molecule has 2 N–H and O–H groups in total. The number of nitrogens with zero attached hydrogens (tertiary/aromatic N) is 2. The quantitative estimate of drug-likeness (QED) is 0.771. The van der Waals surface area contributed by atoms with E-state index in [2.05, 4.69) is 23.2 Å². The lowest BCUT2D eigenvalue weighted by Gasteiger charge is -2.17. The zero-order chi connectivity index (χ0) is 18.4. The van der Waals surface area contributed by atoms with Crippen molar-refractivity contribution in [1.29, 1.82) is 0 Å². The van der Waals surface area contributed by atoms with Crippen LogP contribution in [0.3, 0.4) is 0 Å². The molecule has 3 aromatic rings. The number of hydrogen-bond donors (Lipinski definition) is 1. The zero-order valence-corrected chi connectivity index (χ0v) is 15.7. The summed E-state index contributed by atoms with van der Waals surface area (Å²) in [6.45, 7) is 3.37. The SMILES string of the molecule is Cc1nc2scc(-c3ccc4c(c3)CCCC4)c2c(=O)n1C(C)C(N)=O. The molecule has 5 nitrogen and oxygen atoms in total. The Balaban J connectivity index is 1.93. The summed E-state index contributed by atoms with van der Waals surface area (Å²) in [4.78, 5) is 30.0. The third-order valence-electron chi connectivity index (χ3n) is 5.27. The lowest BCUT2D eigenvalue weighted by Crippen LogP contribution is -2.34. The number of carbonyl (C=O) groups is 1. The Hall–Kier alpha value is -2.47. The summed E-state index contributed by atoms with van der Waals surface area (Å²) < 4.78 is 1.40. The first-order chi connectivity index (χ1) is 12.5. The summed E-state index contributed by atoms with van der Waals surface area (Å²) in [6.07, 6.45) is 4.67. The van der Waals surface area contributed by atoms with Gasteiger partial charge in [0.25, 0.3) is 5.56 Å². The standard InChI is InChI=1S/C20H21N3O2S/c1-11(18(21)24)23-12(2)22-19-17(20(23)25)16(10-26-19)15-8-7-13-5-3-4-6-14(13)9-15/h7-11H,3-6H2,1-2H3,(H2,21,24). The van der Waals surface area contributed by atoms with Crippen LogP contribution in [0.25, 0.3) is 21.3 Å². The Bertz CT molecular complexity index is 1080. The predicted molar refractivity (Wildman–Crippen MR) is 105 cm³/mol. The lowest BCUT2D eigenvalue weighted by atomic mass is 9.89. The van der Waals surface area contributed by atoms with Crippen LogP contribution in [-0.2, 0) is 17.6 Å². The maximum atomic E-state index is 13.2. The molecule has 1 aromatic carbocycles. The second-order valence-electron chi connectivity index (χ2n) is 6.93. The first-order valence-corrected chi connectivity index (χ1v) is 9.77. The van der Waals surface area contributed by atoms with Gasteiger partial charge in [-0.3, -0.25) is 14.2 Å². The summed E-state index contributed by atoms with van der Waals surface area (Å²) in [5.41, 5.74) is 9.94. The first kappa shape index (κ1) is 17.0. The molecule has 0 radical (unpaired) electrons. The third kappa shape index (κ3) is 2.65. The Kier molecular flexibility index (Phi) is 4.15. The van der Waals surface area contributed by atoms with Gasteiger partial charge in [0.1, 0.15) is 16.7 Å². The number of thiophene rings is 1. The molecular formula is C20H21N3O2S. The predicted octanol–water partition coefficient (Wildman–Crippen LogP) is 3.36. The number of hydrogen-bond acceptors (Lipinski definition) is 4. The fourth-order valence-electron chi connectivity index (χ4n) is 3.80. The first-order valence-electron chi connectivity index (χ1n) is 8.89. The van der Waals surface area contributed by atoms with Gasteiger partial charge in [-0.1, -0.05) is 18.2 Å². The summed E-state index contributed by atoms with van der Waals surface area (Å²) >= 11 is 1.46. The molecule has 134 valence electrons. The van der Waals surface area contributed by atoms with Crippen LogP contribution in [0, 0.1) is 6.92 Å². The van der Waals surface area contributed by atoms with E-state index in [1.54, 1.807) is 13.8 Å². The molecule has 0 fully saturated rings. The van der Waals surface area contributed by atoms with E-state index in [4.69, 9.17) is 5.73 Å². The van der Waals surface area contributed by atoms with Gasteiger partial charge in [-0.15, -0.1) is 11.3 Å². The molecule has 1 amide bonds. The monoisotopic (exact) mass is 367 g/mol. The van der Waals surface area contributed by atoms with E-state index < -0.39 is 11.9 Å². The van der Waals surface area contributed by atoms with Crippen LogP contribution in [0.15, 0.2) is 28.4 Å². The van der Waals surface area contributed by atoms with Crippen molar-refractivity contribution in [3.05, 3.63) is 50.9 Å². The largest absolute Gasteiger partial charge is 0.368 e. The van der Waals surface area contributed by atoms with Gasteiger partial charge in [-0.05, 0) is 56.2 Å². The number of amides is 1. The minimum Gasteiger partial charge on any atom is -0.368 e. The Labute approximate surface area is 155 Å². The van der Waals surface area contributed by atoms with Gasteiger partial charge >= 0.3 is 0 Å². The molecule has 0 saturated carbocycles. The van der Waals surface area contributed by atoms with E-state index in [9.17, 15) is 9.59 Å². The van der Waals surface area contributed by atoms with Gasteiger partial charge in [0.15, 0.2) is 0 Å². The highest BCUT2D eigenvalue weighted by molar-refractivity contribution is 7.17. The van der Waals surface area contributed by atoms with Crippen molar-refractivity contribution in [2.45, 2.75) is 45.6 Å². The highest BCUT2D eigenvalue weighted by atomic mass is 32.1. The summed E-state index contributed by atoms with van der Waals surface area (Å²) in [5, 5.41) is 2.56. The van der Waals surface area contributed by atoms with Gasteiger partial charge in [0.2, 0.25) is 5.91 Å². The fraction of sp³-hybridized carbons (Fsp3) is 0.350. The summed E-state index contributed by atoms with van der Waals surface area (Å²) in [7, 11) is 0. The fourth-order valence-corrected chi connectivity index (χ4v) is 4.79. The van der Waals surface area contributed by atoms with Crippen molar-refractivity contribution in [3.63, 3.8) is 0 Å². The van der Waals surface area contributed by atoms with E-state index in [1.165, 1.54) is 39.9 Å². The average Bonchev–Trinajstić information content (AvgIpc) is 3.05. The van der Waals surface area contributed by atoms with Crippen LogP contribution >= 0.6 is 11.3 Å². The molecule has 1 aliphatic rings. The van der Waals surface area contributed by atoms with Crippen LogP contribution in [-0.4, -0.2) is 15.5 Å². The molecular weight excluding hydrogens is 346 g/mol. The summed E-state index contributed by atoms with van der Waals surface area (Å²) in [5.74, 6) is -0.0328. The number of rotatable bonds is 3. The van der Waals surface area contributed by atoms with Crippen molar-refractivity contribution in [2.24, 2.45) is 5.73 Å². The smallest absolute Gasteiger partial charge is 0.263 e. The lowest BCUT2D eigenvalue weighted by molar-refractivity contribution is -0.120. The van der Waals surface area contributed by atoms with Crippen LogP contribution in [0.5, 0.6) is 0 Å². The Morgan fingerprint density at radius 1 is 1.27 bits per heavy atom. The minimum atomic E-state index is -0.726. The number of nitrogens with two attached hydrogens (primary N) is 1. The Morgan fingerprint density at radius 3 is 2.73 bits per heavy atom. The van der Waals surface area contributed by atoms with Crippen molar-refractivity contribution in [1.82, 2.24) is 9.55 Å². The highest BCUT2D eigenvalue weighted by Crippen LogP contribution is 2.34. The number of benzene rings is 1. The van der Waals surface area contributed by atoms with Crippen LogP contribution in [0.4, 0.5) is 0 Å². The summed E-state index contributed by atoms with van der Waals surface area (Å²) in [6, 6.07) is 5.75. The number of primary amides is 1. The maximum Gasteiger partial charge on any atom is 0.263 e. The van der Waals surface area contributed by atoms with Crippen LogP contribution in [0.2, 0.25) is 0 Å². The van der Waals surface area contributed by atoms with Gasteiger partial charge in [0, 0.05) is 10.9 Å². The van der Waals surface area contributed by atoms with Crippen molar-refractivity contribution < 1.29 is 4.79 Å². The number of fused-ring (bicyclic) bond motifs is 2. The molecule has 1 atom stereocenters. The Morgan fingerprint density at radius 2 is 2.00 bits per heavy atom. The average molecular weight is 367 g/mol. The van der Waals surface area contributed by atoms with Gasteiger partial charge in [0.05, 0.1) is 5.39 Å².